The van der Waals surface area contributed by atoms with Gasteiger partial charge in [0.1, 0.15) is 12.1 Å². The van der Waals surface area contributed by atoms with Gasteiger partial charge >= 0.3 is 0 Å². The number of anilines is 1. The van der Waals surface area contributed by atoms with Gasteiger partial charge in [0, 0.05) is 19.3 Å². The number of amides is 1. The van der Waals surface area contributed by atoms with Gasteiger partial charge in [0.25, 0.3) is 0 Å². The van der Waals surface area contributed by atoms with E-state index in [-0.39, 0.29) is 12.5 Å². The van der Waals surface area contributed by atoms with Crippen molar-refractivity contribution >= 4 is 23.0 Å². The number of hydrogen-bond acceptors (Lipinski definition) is 4. The number of rotatable bonds is 4. The summed E-state index contributed by atoms with van der Waals surface area (Å²) in [4.78, 5) is 22.5. The van der Waals surface area contributed by atoms with Crippen LogP contribution >= 0.6 is 0 Å². The molecule has 2 aromatic rings. The summed E-state index contributed by atoms with van der Waals surface area (Å²) in [7, 11) is 0. The lowest BCUT2D eigenvalue weighted by atomic mass is 10.3. The maximum Gasteiger partial charge on any atom is 0.242 e. The highest BCUT2D eigenvalue weighted by molar-refractivity contribution is 5.82. The van der Waals surface area contributed by atoms with Crippen LogP contribution in [0.2, 0.25) is 0 Å². The summed E-state index contributed by atoms with van der Waals surface area (Å²) in [6.07, 6.45) is 1.71. The molecule has 0 radical (unpaired) electrons. The zero-order valence-corrected chi connectivity index (χ0v) is 11.6. The Balaban J connectivity index is 2.38. The number of hydrogen-bond donors (Lipinski definition) is 1. The maximum absolute atomic E-state index is 12.1. The number of imidazole rings is 1. The molecule has 0 bridgehead atoms. The molecule has 0 aliphatic rings. The van der Waals surface area contributed by atoms with Crippen LogP contribution in [0.3, 0.4) is 0 Å². The minimum Gasteiger partial charge on any atom is -0.369 e. The predicted molar refractivity (Wildman–Crippen MR) is 74.6 cm³/mol. The van der Waals surface area contributed by atoms with Crippen molar-refractivity contribution in [2.75, 3.05) is 18.8 Å². The fourth-order valence-corrected chi connectivity index (χ4v) is 2.12. The number of aromatic nitrogens is 3. The number of nitrogen functional groups attached to an aromatic ring is 1. The Labute approximate surface area is 112 Å². The van der Waals surface area contributed by atoms with Crippen LogP contribution in [-0.4, -0.2) is 38.4 Å². The molecule has 2 rings (SSSR count). The molecule has 0 aliphatic carbocycles. The Bertz CT molecular complexity index is 600. The molecule has 0 saturated heterocycles. The van der Waals surface area contributed by atoms with E-state index >= 15 is 0 Å². The Morgan fingerprint density at radius 2 is 2.11 bits per heavy atom. The van der Waals surface area contributed by atoms with E-state index in [0.717, 1.165) is 11.1 Å². The molecular weight excluding hydrogens is 242 g/mol. The molecule has 0 spiro atoms. The Morgan fingerprint density at radius 1 is 1.42 bits per heavy atom. The van der Waals surface area contributed by atoms with Gasteiger partial charge in [0.2, 0.25) is 11.9 Å². The Hall–Kier alpha value is -2.11. The van der Waals surface area contributed by atoms with Gasteiger partial charge in [-0.1, -0.05) is 0 Å². The molecule has 0 atom stereocenters. The van der Waals surface area contributed by atoms with Gasteiger partial charge in [-0.05, 0) is 32.4 Å². The lowest BCUT2D eigenvalue weighted by Gasteiger charge is -2.19. The minimum absolute atomic E-state index is 0.0271. The third-order valence-corrected chi connectivity index (χ3v) is 3.27. The number of nitrogens with two attached hydrogens (primary N) is 1. The summed E-state index contributed by atoms with van der Waals surface area (Å²) >= 11 is 0. The van der Waals surface area contributed by atoms with E-state index in [4.69, 9.17) is 5.73 Å². The van der Waals surface area contributed by atoms with Crippen molar-refractivity contribution in [1.82, 2.24) is 19.4 Å². The van der Waals surface area contributed by atoms with E-state index in [9.17, 15) is 4.79 Å². The zero-order chi connectivity index (χ0) is 14.0. The lowest BCUT2D eigenvalue weighted by Crippen LogP contribution is -2.33. The fraction of sp³-hybridized carbons (Fsp3) is 0.462. The third kappa shape index (κ3) is 2.38. The quantitative estimate of drug-likeness (QED) is 0.896. The smallest absolute Gasteiger partial charge is 0.242 e. The van der Waals surface area contributed by atoms with Crippen molar-refractivity contribution < 1.29 is 4.79 Å². The van der Waals surface area contributed by atoms with Crippen LogP contribution in [0.1, 0.15) is 19.4 Å². The van der Waals surface area contributed by atoms with E-state index in [0.29, 0.717) is 24.7 Å². The zero-order valence-electron chi connectivity index (χ0n) is 11.6. The van der Waals surface area contributed by atoms with Crippen LogP contribution in [0, 0.1) is 6.92 Å². The molecule has 2 aromatic heterocycles. The first kappa shape index (κ1) is 13.3. The molecule has 19 heavy (non-hydrogen) atoms. The molecule has 2 heterocycles. The van der Waals surface area contributed by atoms with Crippen LogP contribution < -0.4 is 5.73 Å². The number of likely N-dealkylation sites (N-methyl/N-ethyl adjacent to an activating group) is 1. The summed E-state index contributed by atoms with van der Waals surface area (Å²) < 4.78 is 1.67. The number of fused-ring (bicyclic) bond motifs is 1. The molecular formula is C13H19N5O. The predicted octanol–water partition coefficient (Wildman–Crippen LogP) is 1.19. The number of nitrogens with zero attached hydrogens (tertiary/aromatic N) is 4. The van der Waals surface area contributed by atoms with Crippen LogP contribution in [0.5, 0.6) is 0 Å². The Kier molecular flexibility index (Phi) is 3.69. The second-order valence-electron chi connectivity index (χ2n) is 4.42. The van der Waals surface area contributed by atoms with Crippen molar-refractivity contribution in [3.8, 4) is 0 Å². The second-order valence-corrected chi connectivity index (χ2v) is 4.42. The van der Waals surface area contributed by atoms with Gasteiger partial charge < -0.3 is 10.6 Å². The molecule has 0 aliphatic heterocycles. The number of carbonyl (C=O) groups excluding carboxylic acids is 1. The summed E-state index contributed by atoms with van der Waals surface area (Å²) in [6.45, 7) is 7.43. The van der Waals surface area contributed by atoms with Gasteiger partial charge in [-0.2, -0.15) is 0 Å². The molecule has 2 N–H and O–H groups in total. The molecule has 102 valence electrons. The lowest BCUT2D eigenvalue weighted by molar-refractivity contribution is -0.131. The molecule has 0 unspecified atom stereocenters. The molecule has 1 amide bonds. The van der Waals surface area contributed by atoms with Crippen LogP contribution in [0.4, 0.5) is 5.95 Å². The van der Waals surface area contributed by atoms with E-state index in [2.05, 4.69) is 9.97 Å². The normalized spacial score (nSPS) is 10.9. The highest BCUT2D eigenvalue weighted by atomic mass is 16.2. The minimum atomic E-state index is 0.0271. The first-order valence-corrected chi connectivity index (χ1v) is 6.43. The molecule has 6 nitrogen and oxygen atoms in total. The number of carbonyl (C=O) groups is 1. The highest BCUT2D eigenvalue weighted by Gasteiger charge is 2.16. The maximum atomic E-state index is 12.1. The fourth-order valence-electron chi connectivity index (χ4n) is 2.12. The van der Waals surface area contributed by atoms with Crippen molar-refractivity contribution in [1.29, 1.82) is 0 Å². The molecule has 0 fully saturated rings. The number of aryl methyl sites for hydroxylation is 1. The average molecular weight is 261 g/mol. The van der Waals surface area contributed by atoms with Gasteiger partial charge in [0.15, 0.2) is 5.65 Å². The largest absolute Gasteiger partial charge is 0.369 e. The number of pyridine rings is 1. The first-order chi connectivity index (χ1) is 9.08. The average Bonchev–Trinajstić information content (AvgIpc) is 2.70. The van der Waals surface area contributed by atoms with Crippen LogP contribution in [0.15, 0.2) is 12.3 Å². The van der Waals surface area contributed by atoms with Crippen LogP contribution in [0.25, 0.3) is 11.2 Å². The van der Waals surface area contributed by atoms with E-state index < -0.39 is 0 Å². The summed E-state index contributed by atoms with van der Waals surface area (Å²) in [5.74, 6) is 0.358. The monoisotopic (exact) mass is 261 g/mol. The topological polar surface area (TPSA) is 77.0 Å². The van der Waals surface area contributed by atoms with E-state index in [1.54, 1.807) is 15.7 Å². The molecule has 6 heteroatoms. The van der Waals surface area contributed by atoms with Gasteiger partial charge in [-0.15, -0.1) is 0 Å². The summed E-state index contributed by atoms with van der Waals surface area (Å²) in [6, 6.07) is 1.88. The van der Waals surface area contributed by atoms with Gasteiger partial charge in [-0.25, -0.2) is 9.97 Å². The Morgan fingerprint density at radius 3 is 2.74 bits per heavy atom. The van der Waals surface area contributed by atoms with Gasteiger partial charge in [-0.3, -0.25) is 9.36 Å². The van der Waals surface area contributed by atoms with E-state index in [1.165, 1.54) is 0 Å². The third-order valence-electron chi connectivity index (χ3n) is 3.27. The van der Waals surface area contributed by atoms with Crippen molar-refractivity contribution in [3.05, 3.63) is 17.8 Å². The van der Waals surface area contributed by atoms with Crippen molar-refractivity contribution in [2.45, 2.75) is 27.3 Å². The van der Waals surface area contributed by atoms with Crippen molar-refractivity contribution in [3.63, 3.8) is 0 Å². The molecule has 0 aromatic carbocycles. The first-order valence-electron chi connectivity index (χ1n) is 6.43. The molecule has 0 saturated carbocycles. The van der Waals surface area contributed by atoms with Crippen LogP contribution in [-0.2, 0) is 11.3 Å². The van der Waals surface area contributed by atoms with E-state index in [1.807, 2.05) is 26.8 Å². The van der Waals surface area contributed by atoms with Crippen molar-refractivity contribution in [2.24, 2.45) is 0 Å². The summed E-state index contributed by atoms with van der Waals surface area (Å²) in [5.41, 5.74) is 8.32. The van der Waals surface area contributed by atoms with Gasteiger partial charge in [0.05, 0.1) is 0 Å². The standard InChI is InChI=1S/C13H19N5O/c1-4-17(5-2)10(19)8-18-12-11(16-13(18)14)9(3)6-7-15-12/h6-7H,4-5,8H2,1-3H3,(H2,14,16). The SMILES string of the molecule is CCN(CC)C(=O)Cn1c(N)nc2c(C)ccnc21. The summed E-state index contributed by atoms with van der Waals surface area (Å²) in [5, 5.41) is 0. The highest BCUT2D eigenvalue weighted by Crippen LogP contribution is 2.18. The second kappa shape index (κ2) is 5.26.